The lowest BCUT2D eigenvalue weighted by molar-refractivity contribution is -0.121. The van der Waals surface area contributed by atoms with Crippen molar-refractivity contribution in [2.45, 2.75) is 32.6 Å². The van der Waals surface area contributed by atoms with E-state index in [1.807, 2.05) is 31.2 Å². The van der Waals surface area contributed by atoms with Crippen LogP contribution in [0.4, 0.5) is 0 Å². The average molecular weight is 244 g/mol. The Hall–Kier alpha value is -1.57. The molecule has 1 saturated carbocycles. The van der Waals surface area contributed by atoms with Gasteiger partial charge in [0.15, 0.2) is 5.78 Å². The van der Waals surface area contributed by atoms with Gasteiger partial charge in [0.2, 0.25) is 0 Å². The minimum atomic E-state index is 0.189. The summed E-state index contributed by atoms with van der Waals surface area (Å²) in [6, 6.07) is 7.78. The maximum Gasteiger partial charge on any atom is 0.170 e. The molecule has 0 atom stereocenters. The first kappa shape index (κ1) is 12.9. The minimum Gasteiger partial charge on any atom is -0.486 e. The highest BCUT2D eigenvalue weighted by molar-refractivity contribution is 5.79. The Kier molecular flexibility index (Phi) is 4.19. The van der Waals surface area contributed by atoms with Gasteiger partial charge in [0.1, 0.15) is 12.4 Å². The molecule has 0 spiro atoms. The summed E-state index contributed by atoms with van der Waals surface area (Å²) in [5.74, 6) is 1.65. The van der Waals surface area contributed by atoms with E-state index in [9.17, 15) is 4.79 Å². The quantitative estimate of drug-likeness (QED) is 0.713. The van der Waals surface area contributed by atoms with Crippen LogP contribution in [0.2, 0.25) is 0 Å². The normalized spacial score (nSPS) is 15.3. The second-order valence-corrected chi connectivity index (χ2v) is 5.21. The Morgan fingerprint density at radius 3 is 2.89 bits per heavy atom. The summed E-state index contributed by atoms with van der Waals surface area (Å²) in [7, 11) is 0. The van der Waals surface area contributed by atoms with Gasteiger partial charge in [-0.1, -0.05) is 24.3 Å². The summed E-state index contributed by atoms with van der Waals surface area (Å²) in [5.41, 5.74) is 2.47. The number of carbonyl (C=O) groups is 1. The minimum absolute atomic E-state index is 0.189. The molecule has 2 rings (SSSR count). The van der Waals surface area contributed by atoms with E-state index in [1.165, 1.54) is 5.57 Å². The molecule has 0 bridgehead atoms. The Balaban J connectivity index is 1.67. The second kappa shape index (κ2) is 5.85. The number of aryl methyl sites for hydroxylation is 1. The summed E-state index contributed by atoms with van der Waals surface area (Å²) in [4.78, 5) is 11.7. The highest BCUT2D eigenvalue weighted by atomic mass is 16.5. The lowest BCUT2D eigenvalue weighted by Crippen LogP contribution is -2.17. The topological polar surface area (TPSA) is 26.3 Å². The molecule has 0 saturated heterocycles. The first-order valence-corrected chi connectivity index (χ1v) is 6.51. The number of Topliss-reactive ketones (excluding diaryl/α,β-unsaturated/α-hetero) is 1. The van der Waals surface area contributed by atoms with Crippen LogP contribution in [-0.2, 0) is 4.79 Å². The van der Waals surface area contributed by atoms with Gasteiger partial charge in [-0.3, -0.25) is 4.79 Å². The number of benzene rings is 1. The van der Waals surface area contributed by atoms with Gasteiger partial charge in [0.25, 0.3) is 0 Å². The van der Waals surface area contributed by atoms with Crippen LogP contribution in [-0.4, -0.2) is 12.4 Å². The molecule has 0 radical (unpaired) electrons. The van der Waals surface area contributed by atoms with Gasteiger partial charge in [0, 0.05) is 6.42 Å². The maximum atomic E-state index is 11.7. The molecule has 18 heavy (non-hydrogen) atoms. The summed E-state index contributed by atoms with van der Waals surface area (Å²) in [5, 5.41) is 0. The first-order valence-electron chi connectivity index (χ1n) is 6.51. The summed E-state index contributed by atoms with van der Waals surface area (Å²) in [6.07, 6.45) is 3.82. The van der Waals surface area contributed by atoms with Crippen LogP contribution in [0, 0.1) is 12.8 Å². The number of allylic oxidation sites excluding steroid dienone is 1. The predicted molar refractivity (Wildman–Crippen MR) is 72.8 cm³/mol. The molecular formula is C16H20O2. The van der Waals surface area contributed by atoms with E-state index >= 15 is 0 Å². The van der Waals surface area contributed by atoms with Crippen LogP contribution >= 0.6 is 0 Å². The van der Waals surface area contributed by atoms with E-state index in [0.29, 0.717) is 12.3 Å². The van der Waals surface area contributed by atoms with E-state index in [1.54, 1.807) is 0 Å². The maximum absolute atomic E-state index is 11.7. The molecule has 1 aliphatic carbocycles. The molecule has 1 aromatic carbocycles. The molecule has 0 unspecified atom stereocenters. The van der Waals surface area contributed by atoms with Crippen molar-refractivity contribution in [2.24, 2.45) is 5.92 Å². The zero-order valence-corrected chi connectivity index (χ0v) is 10.9. The van der Waals surface area contributed by atoms with Gasteiger partial charge in [-0.2, -0.15) is 0 Å². The summed E-state index contributed by atoms with van der Waals surface area (Å²) in [6.45, 7) is 6.12. The fourth-order valence-corrected chi connectivity index (χ4v) is 2.27. The highest BCUT2D eigenvalue weighted by Crippen LogP contribution is 2.34. The van der Waals surface area contributed by atoms with Crippen LogP contribution in [0.3, 0.4) is 0 Å². The second-order valence-electron chi connectivity index (χ2n) is 5.21. The zero-order chi connectivity index (χ0) is 13.0. The zero-order valence-electron chi connectivity index (χ0n) is 10.9. The first-order chi connectivity index (χ1) is 8.63. The largest absolute Gasteiger partial charge is 0.486 e. The predicted octanol–water partition coefficient (Wildman–Crippen LogP) is 3.69. The summed E-state index contributed by atoms with van der Waals surface area (Å²) >= 11 is 0. The van der Waals surface area contributed by atoms with Crippen LogP contribution in [0.1, 0.15) is 31.2 Å². The molecule has 2 heteroatoms. The molecular weight excluding hydrogens is 224 g/mol. The third-order valence-corrected chi connectivity index (χ3v) is 3.38. The van der Waals surface area contributed by atoms with Gasteiger partial charge >= 0.3 is 0 Å². The van der Waals surface area contributed by atoms with Crippen molar-refractivity contribution in [3.63, 3.8) is 0 Å². The van der Waals surface area contributed by atoms with E-state index in [2.05, 4.69) is 6.58 Å². The van der Waals surface area contributed by atoms with Crippen LogP contribution < -0.4 is 4.74 Å². The third-order valence-electron chi connectivity index (χ3n) is 3.38. The Morgan fingerprint density at radius 2 is 2.22 bits per heavy atom. The van der Waals surface area contributed by atoms with Crippen molar-refractivity contribution in [1.29, 1.82) is 0 Å². The number of ketones is 1. The van der Waals surface area contributed by atoms with Gasteiger partial charge in [-0.05, 0) is 49.8 Å². The number of hydrogen-bond acceptors (Lipinski definition) is 2. The number of ether oxygens (including phenoxy) is 1. The molecule has 0 N–H and O–H groups in total. The van der Waals surface area contributed by atoms with Crippen LogP contribution in [0.25, 0.3) is 0 Å². The van der Waals surface area contributed by atoms with E-state index in [4.69, 9.17) is 4.74 Å². The van der Waals surface area contributed by atoms with E-state index in [0.717, 1.165) is 30.6 Å². The molecule has 96 valence electrons. The van der Waals surface area contributed by atoms with E-state index in [-0.39, 0.29) is 12.4 Å². The van der Waals surface area contributed by atoms with Crippen LogP contribution in [0.5, 0.6) is 5.75 Å². The Morgan fingerprint density at radius 1 is 1.44 bits per heavy atom. The van der Waals surface area contributed by atoms with Gasteiger partial charge < -0.3 is 4.74 Å². The van der Waals surface area contributed by atoms with Crippen molar-refractivity contribution in [2.75, 3.05) is 6.61 Å². The van der Waals surface area contributed by atoms with E-state index < -0.39 is 0 Å². The average Bonchev–Trinajstić information content (AvgIpc) is 2.31. The molecule has 0 aromatic heterocycles. The molecule has 1 fully saturated rings. The van der Waals surface area contributed by atoms with Crippen molar-refractivity contribution >= 4 is 5.78 Å². The highest BCUT2D eigenvalue weighted by Gasteiger charge is 2.21. The van der Waals surface area contributed by atoms with Crippen LogP contribution in [0.15, 0.2) is 36.4 Å². The lowest BCUT2D eigenvalue weighted by atomic mass is 9.78. The molecule has 2 nitrogen and oxygen atoms in total. The van der Waals surface area contributed by atoms with Crippen molar-refractivity contribution in [3.8, 4) is 5.75 Å². The van der Waals surface area contributed by atoms with Gasteiger partial charge in [-0.25, -0.2) is 0 Å². The monoisotopic (exact) mass is 244 g/mol. The molecule has 0 aliphatic heterocycles. The van der Waals surface area contributed by atoms with Crippen molar-refractivity contribution in [3.05, 3.63) is 42.0 Å². The van der Waals surface area contributed by atoms with Crippen molar-refractivity contribution in [1.82, 2.24) is 0 Å². The fourth-order valence-electron chi connectivity index (χ4n) is 2.27. The third kappa shape index (κ3) is 3.73. The SMILES string of the molecule is C=C1CC(CCC(=O)COc2cccc(C)c2)C1. The standard InChI is InChI=1S/C16H20O2/c1-12-4-3-5-16(10-12)18-11-15(17)7-6-14-8-13(2)9-14/h3-5,10,14H,2,6-9,11H2,1H3. The number of rotatable bonds is 6. The smallest absolute Gasteiger partial charge is 0.170 e. The fraction of sp³-hybridized carbons (Fsp3) is 0.438. The Bertz CT molecular complexity index is 440. The van der Waals surface area contributed by atoms with Gasteiger partial charge in [0.05, 0.1) is 0 Å². The molecule has 0 amide bonds. The Labute approximate surface area is 109 Å². The summed E-state index contributed by atoms with van der Waals surface area (Å²) < 4.78 is 5.49. The van der Waals surface area contributed by atoms with Crippen molar-refractivity contribution < 1.29 is 9.53 Å². The molecule has 1 aliphatic rings. The number of hydrogen-bond donors (Lipinski definition) is 0. The molecule has 1 aromatic rings. The van der Waals surface area contributed by atoms with Gasteiger partial charge in [-0.15, -0.1) is 0 Å². The molecule has 0 heterocycles. The number of carbonyl (C=O) groups excluding carboxylic acids is 1. The lowest BCUT2D eigenvalue weighted by Gasteiger charge is -2.27.